The number of hydrogen-bond acceptors (Lipinski definition) is 5. The summed E-state index contributed by atoms with van der Waals surface area (Å²) in [6, 6.07) is 7.07. The Labute approximate surface area is 180 Å². The van der Waals surface area contributed by atoms with Gasteiger partial charge in [0.1, 0.15) is 17.6 Å². The molecule has 0 radical (unpaired) electrons. The van der Waals surface area contributed by atoms with Gasteiger partial charge in [-0.05, 0) is 38.0 Å². The van der Waals surface area contributed by atoms with Gasteiger partial charge in [0.2, 0.25) is 0 Å². The van der Waals surface area contributed by atoms with Crippen LogP contribution in [0, 0.1) is 6.92 Å². The zero-order chi connectivity index (χ0) is 21.1. The van der Waals surface area contributed by atoms with E-state index in [1.165, 1.54) is 12.8 Å². The highest BCUT2D eigenvalue weighted by atomic mass is 35.5. The molecule has 2 aliphatic rings. The molecule has 2 fully saturated rings. The zero-order valence-electron chi connectivity index (χ0n) is 17.0. The minimum absolute atomic E-state index is 0.0382. The second-order valence-corrected chi connectivity index (χ2v) is 8.44. The van der Waals surface area contributed by atoms with E-state index in [9.17, 15) is 9.59 Å². The Balaban J connectivity index is 1.30. The molecule has 1 saturated heterocycles. The molecule has 30 heavy (non-hydrogen) atoms. The Hall–Kier alpha value is -2.54. The van der Waals surface area contributed by atoms with E-state index >= 15 is 0 Å². The lowest BCUT2D eigenvalue weighted by atomic mass is 10.1. The Bertz CT molecular complexity index is 915. The number of aromatic nitrogens is 1. The molecule has 1 aliphatic carbocycles. The lowest BCUT2D eigenvalue weighted by molar-refractivity contribution is 0.0586. The molecule has 1 aromatic heterocycles. The van der Waals surface area contributed by atoms with Crippen LogP contribution in [-0.4, -0.2) is 47.1 Å². The Morgan fingerprint density at radius 1 is 1.17 bits per heavy atom. The van der Waals surface area contributed by atoms with E-state index < -0.39 is 0 Å². The first-order valence-electron chi connectivity index (χ1n) is 10.5. The third-order valence-electron chi connectivity index (χ3n) is 5.75. The van der Waals surface area contributed by atoms with Gasteiger partial charge in [0.25, 0.3) is 11.8 Å². The van der Waals surface area contributed by atoms with Crippen LogP contribution in [0.15, 0.2) is 28.8 Å². The van der Waals surface area contributed by atoms with Crippen molar-refractivity contribution >= 4 is 23.4 Å². The number of aryl methyl sites for hydroxylation is 1. The highest BCUT2D eigenvalue weighted by molar-refractivity contribution is 6.32. The van der Waals surface area contributed by atoms with Crippen LogP contribution >= 0.6 is 11.6 Å². The number of halogens is 1. The Kier molecular flexibility index (Phi) is 6.27. The van der Waals surface area contributed by atoms with Crippen molar-refractivity contribution in [3.05, 3.63) is 46.3 Å². The van der Waals surface area contributed by atoms with Crippen molar-refractivity contribution in [3.8, 4) is 5.75 Å². The van der Waals surface area contributed by atoms with Gasteiger partial charge in [-0.1, -0.05) is 29.6 Å². The van der Waals surface area contributed by atoms with E-state index in [1.54, 1.807) is 36.1 Å². The number of rotatable bonds is 5. The fourth-order valence-electron chi connectivity index (χ4n) is 4.06. The summed E-state index contributed by atoms with van der Waals surface area (Å²) in [4.78, 5) is 26.6. The van der Waals surface area contributed by atoms with Crippen molar-refractivity contribution in [1.82, 2.24) is 15.4 Å². The van der Waals surface area contributed by atoms with Gasteiger partial charge in [-0.25, -0.2) is 0 Å². The maximum absolute atomic E-state index is 12.5. The second kappa shape index (κ2) is 9.08. The van der Waals surface area contributed by atoms with Crippen molar-refractivity contribution in [2.45, 2.75) is 57.6 Å². The zero-order valence-corrected chi connectivity index (χ0v) is 17.8. The van der Waals surface area contributed by atoms with Gasteiger partial charge in [0.15, 0.2) is 5.69 Å². The van der Waals surface area contributed by atoms with Crippen LogP contribution in [0.1, 0.15) is 65.1 Å². The van der Waals surface area contributed by atoms with Crippen LogP contribution in [0.4, 0.5) is 0 Å². The Morgan fingerprint density at radius 3 is 2.53 bits per heavy atom. The van der Waals surface area contributed by atoms with Crippen molar-refractivity contribution in [2.24, 2.45) is 0 Å². The number of ether oxygens (including phenoxy) is 1. The average molecular weight is 432 g/mol. The number of carbonyl (C=O) groups is 2. The van der Waals surface area contributed by atoms with Crippen molar-refractivity contribution in [2.75, 3.05) is 13.1 Å². The monoisotopic (exact) mass is 431 g/mol. The molecular formula is C22H26ClN3O4. The first-order chi connectivity index (χ1) is 14.5. The number of nitrogens with zero attached hydrogens (tertiary/aromatic N) is 2. The first-order valence-corrected chi connectivity index (χ1v) is 10.9. The highest BCUT2D eigenvalue weighted by Gasteiger charge is 2.27. The van der Waals surface area contributed by atoms with Crippen molar-refractivity contribution < 1.29 is 18.8 Å². The Morgan fingerprint density at radius 2 is 1.90 bits per heavy atom. The molecule has 1 saturated carbocycles. The van der Waals surface area contributed by atoms with Gasteiger partial charge in [-0.3, -0.25) is 9.59 Å². The van der Waals surface area contributed by atoms with Crippen molar-refractivity contribution in [3.63, 3.8) is 0 Å². The van der Waals surface area contributed by atoms with Gasteiger partial charge >= 0.3 is 0 Å². The van der Waals surface area contributed by atoms with Crippen molar-refractivity contribution in [1.29, 1.82) is 0 Å². The van der Waals surface area contributed by atoms with Crippen LogP contribution in [0.5, 0.6) is 5.75 Å². The summed E-state index contributed by atoms with van der Waals surface area (Å²) in [5.41, 5.74) is 0.879. The van der Waals surface area contributed by atoms with E-state index in [0.29, 0.717) is 53.7 Å². The molecule has 2 aromatic rings. The predicted molar refractivity (Wildman–Crippen MR) is 112 cm³/mol. The van der Waals surface area contributed by atoms with Gasteiger partial charge in [0.05, 0.1) is 5.02 Å². The summed E-state index contributed by atoms with van der Waals surface area (Å²) >= 11 is 6.38. The molecule has 4 rings (SSSR count). The topological polar surface area (TPSA) is 84.7 Å². The fraction of sp³-hybridized carbons (Fsp3) is 0.500. The summed E-state index contributed by atoms with van der Waals surface area (Å²) in [6.07, 6.45) is 5.77. The molecule has 0 bridgehead atoms. The maximum Gasteiger partial charge on any atom is 0.276 e. The fourth-order valence-corrected chi connectivity index (χ4v) is 4.29. The summed E-state index contributed by atoms with van der Waals surface area (Å²) < 4.78 is 11.0. The summed E-state index contributed by atoms with van der Waals surface area (Å²) in [5, 5.41) is 7.28. The molecule has 2 heterocycles. The number of amides is 2. The van der Waals surface area contributed by atoms with Crippen LogP contribution in [0.2, 0.25) is 5.02 Å². The predicted octanol–water partition coefficient (Wildman–Crippen LogP) is 3.99. The van der Waals surface area contributed by atoms with Gasteiger partial charge < -0.3 is 19.5 Å². The molecular weight excluding hydrogens is 406 g/mol. The molecule has 1 N–H and O–H groups in total. The standard InChI is InChI=1S/C22H26ClN3O4/c1-14-12-19(25-30-14)22(28)26-10-8-17(9-11-26)29-20-7-6-15(13-18(20)23)21(27)24-16-4-2-3-5-16/h6-7,12-13,16-17H,2-5,8-11H2,1H3,(H,24,27). The average Bonchev–Trinajstić information content (AvgIpc) is 3.41. The van der Waals surface area contributed by atoms with Crippen LogP contribution in [0.3, 0.4) is 0 Å². The number of benzene rings is 1. The van der Waals surface area contributed by atoms with E-state index in [4.69, 9.17) is 20.9 Å². The lowest BCUT2D eigenvalue weighted by Crippen LogP contribution is -2.41. The first kappa shape index (κ1) is 20.7. The molecule has 1 aliphatic heterocycles. The van der Waals surface area contributed by atoms with E-state index in [-0.39, 0.29) is 24.0 Å². The maximum atomic E-state index is 12.5. The highest BCUT2D eigenvalue weighted by Crippen LogP contribution is 2.29. The lowest BCUT2D eigenvalue weighted by Gasteiger charge is -2.31. The largest absolute Gasteiger partial charge is 0.489 e. The van der Waals surface area contributed by atoms with Crippen LogP contribution < -0.4 is 10.1 Å². The molecule has 0 spiro atoms. The number of carbonyl (C=O) groups excluding carboxylic acids is 2. The normalized spacial score (nSPS) is 17.9. The number of likely N-dealkylation sites (tertiary alicyclic amines) is 1. The third-order valence-corrected chi connectivity index (χ3v) is 6.05. The smallest absolute Gasteiger partial charge is 0.276 e. The van der Waals surface area contributed by atoms with Gasteiger partial charge in [-0.2, -0.15) is 0 Å². The molecule has 8 heteroatoms. The minimum atomic E-state index is -0.124. The molecule has 7 nitrogen and oxygen atoms in total. The second-order valence-electron chi connectivity index (χ2n) is 8.03. The summed E-state index contributed by atoms with van der Waals surface area (Å²) in [6.45, 7) is 2.92. The number of hydrogen-bond donors (Lipinski definition) is 1. The molecule has 160 valence electrons. The molecule has 0 unspecified atom stereocenters. The third kappa shape index (κ3) is 4.78. The summed E-state index contributed by atoms with van der Waals surface area (Å²) in [5.74, 6) is 0.962. The van der Waals surface area contributed by atoms with Crippen LogP contribution in [-0.2, 0) is 0 Å². The SMILES string of the molecule is Cc1cc(C(=O)N2CCC(Oc3ccc(C(=O)NC4CCCC4)cc3Cl)CC2)no1. The summed E-state index contributed by atoms with van der Waals surface area (Å²) in [7, 11) is 0. The van der Waals surface area contributed by atoms with Crippen LogP contribution in [0.25, 0.3) is 0 Å². The van der Waals surface area contributed by atoms with Gasteiger partial charge in [-0.15, -0.1) is 0 Å². The number of nitrogens with one attached hydrogen (secondary N) is 1. The molecule has 1 aromatic carbocycles. The minimum Gasteiger partial charge on any atom is -0.489 e. The molecule has 2 amide bonds. The van der Waals surface area contributed by atoms with Gasteiger partial charge in [0, 0.05) is 43.6 Å². The van der Waals surface area contributed by atoms with E-state index in [2.05, 4.69) is 10.5 Å². The van der Waals surface area contributed by atoms with E-state index in [0.717, 1.165) is 12.8 Å². The van der Waals surface area contributed by atoms with E-state index in [1.807, 2.05) is 0 Å². The molecule has 0 atom stereocenters. The number of piperidine rings is 1. The quantitative estimate of drug-likeness (QED) is 0.773.